The first-order chi connectivity index (χ1) is 13.6. The Hall–Kier alpha value is -2.78. The van der Waals surface area contributed by atoms with Crippen molar-refractivity contribution in [3.63, 3.8) is 0 Å². The molecule has 0 aliphatic carbocycles. The van der Waals surface area contributed by atoms with E-state index < -0.39 is 22.7 Å². The number of hydrogen-bond donors (Lipinski definition) is 2. The molecule has 0 radical (unpaired) electrons. The Labute approximate surface area is 170 Å². The van der Waals surface area contributed by atoms with Gasteiger partial charge in [0.15, 0.2) is 0 Å². The third-order valence-electron chi connectivity index (χ3n) is 4.61. The lowest BCUT2D eigenvalue weighted by Crippen LogP contribution is -2.44. The SMILES string of the molecule is Cc1ccnc(N(N)C2=C(N)CN(C(=O)c3cccc(C(F)(F)F)c3Cl)CC2)c1. The van der Waals surface area contributed by atoms with Crippen LogP contribution in [-0.4, -0.2) is 28.9 Å². The van der Waals surface area contributed by atoms with Crippen LogP contribution in [0.4, 0.5) is 19.0 Å². The smallest absolute Gasteiger partial charge is 0.399 e. The number of rotatable bonds is 3. The number of amides is 1. The van der Waals surface area contributed by atoms with Crippen LogP contribution in [0.5, 0.6) is 0 Å². The highest BCUT2D eigenvalue weighted by Crippen LogP contribution is 2.36. The minimum absolute atomic E-state index is 0.0141. The third kappa shape index (κ3) is 4.30. The Balaban J connectivity index is 1.83. The molecule has 1 amide bonds. The van der Waals surface area contributed by atoms with Gasteiger partial charge in [0.2, 0.25) is 0 Å². The maximum absolute atomic E-state index is 13.1. The number of alkyl halides is 3. The van der Waals surface area contributed by atoms with Crippen molar-refractivity contribution >= 4 is 23.3 Å². The summed E-state index contributed by atoms with van der Waals surface area (Å²) in [5.41, 5.74) is 6.75. The van der Waals surface area contributed by atoms with Crippen LogP contribution in [0.2, 0.25) is 5.02 Å². The summed E-state index contributed by atoms with van der Waals surface area (Å²) in [4.78, 5) is 18.3. The Bertz CT molecular complexity index is 977. The van der Waals surface area contributed by atoms with Gasteiger partial charge in [-0.2, -0.15) is 13.2 Å². The van der Waals surface area contributed by atoms with Gasteiger partial charge >= 0.3 is 6.18 Å². The maximum atomic E-state index is 13.1. The van der Waals surface area contributed by atoms with Crippen LogP contribution in [0.3, 0.4) is 0 Å². The van der Waals surface area contributed by atoms with Crippen molar-refractivity contribution in [3.05, 3.63) is 69.6 Å². The summed E-state index contributed by atoms with van der Waals surface area (Å²) in [7, 11) is 0. The minimum atomic E-state index is -4.65. The van der Waals surface area contributed by atoms with E-state index in [2.05, 4.69) is 4.98 Å². The van der Waals surface area contributed by atoms with Crippen molar-refractivity contribution in [2.45, 2.75) is 19.5 Å². The molecule has 29 heavy (non-hydrogen) atoms. The zero-order chi connectivity index (χ0) is 21.3. The molecule has 6 nitrogen and oxygen atoms in total. The van der Waals surface area contributed by atoms with Gasteiger partial charge in [0, 0.05) is 24.9 Å². The molecule has 0 saturated carbocycles. The van der Waals surface area contributed by atoms with Crippen molar-refractivity contribution in [2.24, 2.45) is 11.6 Å². The molecule has 1 aliphatic rings. The molecule has 1 aromatic carbocycles. The highest BCUT2D eigenvalue weighted by molar-refractivity contribution is 6.34. The summed E-state index contributed by atoms with van der Waals surface area (Å²) in [5.74, 6) is 6.02. The molecule has 0 bridgehead atoms. The largest absolute Gasteiger partial charge is 0.417 e. The second-order valence-electron chi connectivity index (χ2n) is 6.67. The van der Waals surface area contributed by atoms with Gasteiger partial charge in [0.05, 0.1) is 28.4 Å². The van der Waals surface area contributed by atoms with Gasteiger partial charge in [-0.15, -0.1) is 0 Å². The van der Waals surface area contributed by atoms with Crippen LogP contribution in [0.1, 0.15) is 27.9 Å². The molecular weight excluding hydrogens is 407 g/mol. The number of nitrogens with two attached hydrogens (primary N) is 2. The van der Waals surface area contributed by atoms with Crippen LogP contribution in [-0.2, 0) is 6.18 Å². The van der Waals surface area contributed by atoms with E-state index in [0.29, 0.717) is 23.6 Å². The molecule has 0 spiro atoms. The Morgan fingerprint density at radius 3 is 2.66 bits per heavy atom. The van der Waals surface area contributed by atoms with Gasteiger partial charge in [-0.3, -0.25) is 9.80 Å². The molecule has 10 heteroatoms. The number of nitrogens with zero attached hydrogens (tertiary/aromatic N) is 3. The van der Waals surface area contributed by atoms with E-state index in [1.165, 1.54) is 16.0 Å². The first-order valence-corrected chi connectivity index (χ1v) is 9.07. The molecule has 1 aromatic heterocycles. The van der Waals surface area contributed by atoms with Crippen molar-refractivity contribution in [1.29, 1.82) is 0 Å². The summed E-state index contributed by atoms with van der Waals surface area (Å²) in [6.07, 6.45) is -2.71. The van der Waals surface area contributed by atoms with E-state index in [1.807, 2.05) is 13.0 Å². The van der Waals surface area contributed by atoms with E-state index >= 15 is 0 Å². The average Bonchev–Trinajstić information content (AvgIpc) is 2.66. The van der Waals surface area contributed by atoms with Gasteiger partial charge in [-0.1, -0.05) is 17.7 Å². The van der Waals surface area contributed by atoms with E-state index in [4.69, 9.17) is 23.2 Å². The zero-order valence-corrected chi connectivity index (χ0v) is 16.3. The van der Waals surface area contributed by atoms with Crippen LogP contribution < -0.4 is 16.6 Å². The summed E-state index contributed by atoms with van der Waals surface area (Å²) in [6.45, 7) is 2.14. The summed E-state index contributed by atoms with van der Waals surface area (Å²) >= 11 is 5.87. The lowest BCUT2D eigenvalue weighted by Gasteiger charge is -2.33. The first kappa shape index (κ1) is 20.9. The van der Waals surface area contributed by atoms with Crippen molar-refractivity contribution < 1.29 is 18.0 Å². The molecule has 154 valence electrons. The highest BCUT2D eigenvalue weighted by Gasteiger charge is 2.35. The van der Waals surface area contributed by atoms with Crippen molar-refractivity contribution in [2.75, 3.05) is 18.1 Å². The summed E-state index contributed by atoms with van der Waals surface area (Å²) in [5, 5.41) is 0.740. The van der Waals surface area contributed by atoms with E-state index in [9.17, 15) is 18.0 Å². The van der Waals surface area contributed by atoms with Gasteiger partial charge in [-0.05, 0) is 36.8 Å². The number of carbonyl (C=O) groups excluding carboxylic acids is 1. The Morgan fingerprint density at radius 2 is 2.03 bits per heavy atom. The fourth-order valence-corrected chi connectivity index (χ4v) is 3.42. The first-order valence-electron chi connectivity index (χ1n) is 8.69. The monoisotopic (exact) mass is 425 g/mol. The number of aryl methyl sites for hydroxylation is 1. The fraction of sp³-hybridized carbons (Fsp3) is 0.263. The molecule has 4 N–H and O–H groups in total. The predicted molar refractivity (Wildman–Crippen MR) is 104 cm³/mol. The summed E-state index contributed by atoms with van der Waals surface area (Å²) in [6, 6.07) is 6.88. The predicted octanol–water partition coefficient (Wildman–Crippen LogP) is 3.46. The number of halogens is 4. The number of benzene rings is 1. The van der Waals surface area contributed by atoms with Gasteiger partial charge in [0.25, 0.3) is 5.91 Å². The molecule has 1 aliphatic heterocycles. The molecular formula is C19H19ClF3N5O. The standard InChI is InChI=1S/C19H19ClF3N5O/c1-11-5-7-26-16(9-11)28(25)15-6-8-27(10-14(15)24)18(29)12-3-2-4-13(17(12)20)19(21,22)23/h2-5,7,9H,6,8,10,24-25H2,1H3. The molecule has 0 saturated heterocycles. The molecule has 0 fully saturated rings. The number of anilines is 1. The number of aromatic nitrogens is 1. The van der Waals surface area contributed by atoms with Crippen molar-refractivity contribution in [1.82, 2.24) is 9.88 Å². The Morgan fingerprint density at radius 1 is 1.31 bits per heavy atom. The van der Waals surface area contributed by atoms with E-state index in [0.717, 1.165) is 17.7 Å². The Kier molecular flexibility index (Phi) is 5.72. The molecule has 2 heterocycles. The average molecular weight is 426 g/mol. The van der Waals surface area contributed by atoms with Gasteiger partial charge < -0.3 is 10.6 Å². The second-order valence-corrected chi connectivity index (χ2v) is 7.05. The molecule has 0 atom stereocenters. The lowest BCUT2D eigenvalue weighted by atomic mass is 10.1. The van der Waals surface area contributed by atoms with Crippen LogP contribution in [0, 0.1) is 6.92 Å². The van der Waals surface area contributed by atoms with Crippen LogP contribution in [0.15, 0.2) is 47.9 Å². The number of hydrazine groups is 1. The zero-order valence-electron chi connectivity index (χ0n) is 15.5. The fourth-order valence-electron chi connectivity index (χ4n) is 3.10. The normalized spacial score (nSPS) is 14.9. The minimum Gasteiger partial charge on any atom is -0.399 e. The van der Waals surface area contributed by atoms with E-state index in [-0.39, 0.29) is 18.7 Å². The lowest BCUT2D eigenvalue weighted by molar-refractivity contribution is -0.137. The van der Waals surface area contributed by atoms with Crippen LogP contribution >= 0.6 is 11.6 Å². The molecule has 2 aromatic rings. The number of carbonyl (C=O) groups is 1. The second kappa shape index (κ2) is 7.92. The number of hydrogen-bond acceptors (Lipinski definition) is 5. The molecule has 3 rings (SSSR count). The third-order valence-corrected chi connectivity index (χ3v) is 5.02. The van der Waals surface area contributed by atoms with E-state index in [1.54, 1.807) is 12.3 Å². The topological polar surface area (TPSA) is 88.5 Å². The van der Waals surface area contributed by atoms with Gasteiger partial charge in [-0.25, -0.2) is 10.8 Å². The quantitative estimate of drug-likeness (QED) is 0.580. The van der Waals surface area contributed by atoms with Gasteiger partial charge in [0.1, 0.15) is 5.82 Å². The summed E-state index contributed by atoms with van der Waals surface area (Å²) < 4.78 is 39.2. The molecule has 0 unspecified atom stereocenters. The van der Waals surface area contributed by atoms with Crippen molar-refractivity contribution in [3.8, 4) is 0 Å². The maximum Gasteiger partial charge on any atom is 0.417 e. The highest BCUT2D eigenvalue weighted by atomic mass is 35.5. The number of pyridine rings is 1. The van der Waals surface area contributed by atoms with Crippen LogP contribution in [0.25, 0.3) is 0 Å².